The van der Waals surface area contributed by atoms with Crippen LogP contribution in [0, 0.1) is 0 Å². The molecule has 1 atom stereocenters. The predicted octanol–water partition coefficient (Wildman–Crippen LogP) is 2.09. The Morgan fingerprint density at radius 3 is 3.06 bits per heavy atom. The molecule has 88 valence electrons. The topological polar surface area (TPSA) is 38.2 Å². The van der Waals surface area contributed by atoms with Crippen molar-refractivity contribution >= 4 is 29.0 Å². The minimum absolute atomic E-state index is 0.242. The van der Waals surface area contributed by atoms with Crippen molar-refractivity contribution in [3.63, 3.8) is 0 Å². The SMILES string of the molecule is C[C@@H]1COCCN1c1cc(CCl)nc(Cl)n1. The number of alkyl halides is 1. The van der Waals surface area contributed by atoms with Crippen molar-refractivity contribution in [2.24, 2.45) is 0 Å². The Kier molecular flexibility index (Phi) is 3.84. The molecule has 4 nitrogen and oxygen atoms in total. The Labute approximate surface area is 105 Å². The van der Waals surface area contributed by atoms with E-state index in [1.165, 1.54) is 0 Å². The molecular formula is C10H13Cl2N3O. The molecule has 1 aromatic heterocycles. The second-order valence-electron chi connectivity index (χ2n) is 3.74. The van der Waals surface area contributed by atoms with Crippen LogP contribution < -0.4 is 4.90 Å². The quantitative estimate of drug-likeness (QED) is 0.604. The summed E-state index contributed by atoms with van der Waals surface area (Å²) in [5, 5.41) is 0.242. The highest BCUT2D eigenvalue weighted by atomic mass is 35.5. The van der Waals surface area contributed by atoms with E-state index in [-0.39, 0.29) is 5.28 Å². The Hall–Kier alpha value is -0.580. The largest absolute Gasteiger partial charge is 0.377 e. The Bertz CT molecular complexity index is 375. The lowest BCUT2D eigenvalue weighted by atomic mass is 10.2. The summed E-state index contributed by atoms with van der Waals surface area (Å²) in [6.45, 7) is 4.33. The van der Waals surface area contributed by atoms with E-state index in [0.29, 0.717) is 25.1 Å². The first-order chi connectivity index (χ1) is 7.70. The molecule has 0 spiro atoms. The van der Waals surface area contributed by atoms with Crippen LogP contribution in [-0.2, 0) is 10.6 Å². The van der Waals surface area contributed by atoms with Crippen LogP contribution in [0.2, 0.25) is 5.28 Å². The summed E-state index contributed by atoms with van der Waals surface area (Å²) in [7, 11) is 0. The number of rotatable bonds is 2. The van der Waals surface area contributed by atoms with Gasteiger partial charge in [-0.15, -0.1) is 11.6 Å². The number of ether oxygens (including phenoxy) is 1. The smallest absolute Gasteiger partial charge is 0.224 e. The van der Waals surface area contributed by atoms with E-state index in [4.69, 9.17) is 27.9 Å². The van der Waals surface area contributed by atoms with E-state index >= 15 is 0 Å². The molecule has 0 radical (unpaired) electrons. The summed E-state index contributed by atoms with van der Waals surface area (Å²) < 4.78 is 5.38. The van der Waals surface area contributed by atoms with E-state index < -0.39 is 0 Å². The van der Waals surface area contributed by atoms with Crippen molar-refractivity contribution in [2.75, 3.05) is 24.7 Å². The summed E-state index contributed by atoms with van der Waals surface area (Å²) in [4.78, 5) is 10.4. The summed E-state index contributed by atoms with van der Waals surface area (Å²) in [5.74, 6) is 1.17. The predicted molar refractivity (Wildman–Crippen MR) is 64.2 cm³/mol. The number of nitrogens with zero attached hydrogens (tertiary/aromatic N) is 3. The average molecular weight is 262 g/mol. The number of anilines is 1. The Balaban J connectivity index is 2.27. The van der Waals surface area contributed by atoms with Gasteiger partial charge in [-0.1, -0.05) is 0 Å². The van der Waals surface area contributed by atoms with Crippen LogP contribution >= 0.6 is 23.2 Å². The van der Waals surface area contributed by atoms with E-state index in [2.05, 4.69) is 21.8 Å². The molecule has 16 heavy (non-hydrogen) atoms. The first-order valence-corrected chi connectivity index (χ1v) is 6.06. The minimum Gasteiger partial charge on any atom is -0.377 e. The van der Waals surface area contributed by atoms with E-state index in [0.717, 1.165) is 18.1 Å². The van der Waals surface area contributed by atoms with Crippen LogP contribution in [0.1, 0.15) is 12.6 Å². The summed E-state index contributed by atoms with van der Waals surface area (Å²) in [6, 6.07) is 2.17. The summed E-state index contributed by atoms with van der Waals surface area (Å²) in [6.07, 6.45) is 0. The zero-order valence-electron chi connectivity index (χ0n) is 8.99. The zero-order chi connectivity index (χ0) is 11.5. The molecule has 0 saturated carbocycles. The van der Waals surface area contributed by atoms with Crippen LogP contribution in [0.4, 0.5) is 5.82 Å². The molecule has 0 unspecified atom stereocenters. The van der Waals surface area contributed by atoms with Crippen molar-refractivity contribution in [2.45, 2.75) is 18.8 Å². The maximum Gasteiger partial charge on any atom is 0.224 e. The zero-order valence-corrected chi connectivity index (χ0v) is 10.5. The molecule has 2 rings (SSSR count). The van der Waals surface area contributed by atoms with Gasteiger partial charge in [0.15, 0.2) is 0 Å². The van der Waals surface area contributed by atoms with Gasteiger partial charge < -0.3 is 9.64 Å². The van der Waals surface area contributed by atoms with E-state index in [1.54, 1.807) is 0 Å². The molecule has 1 fully saturated rings. The lowest BCUT2D eigenvalue weighted by molar-refractivity contribution is 0.0985. The fourth-order valence-electron chi connectivity index (χ4n) is 1.73. The van der Waals surface area contributed by atoms with Crippen molar-refractivity contribution in [1.29, 1.82) is 0 Å². The van der Waals surface area contributed by atoms with Gasteiger partial charge in [0.05, 0.1) is 30.8 Å². The van der Waals surface area contributed by atoms with Gasteiger partial charge in [-0.2, -0.15) is 0 Å². The van der Waals surface area contributed by atoms with Crippen molar-refractivity contribution in [3.05, 3.63) is 17.0 Å². The molecule has 0 amide bonds. The molecule has 0 N–H and O–H groups in total. The van der Waals surface area contributed by atoms with Crippen LogP contribution in [0.15, 0.2) is 6.07 Å². The summed E-state index contributed by atoms with van der Waals surface area (Å²) in [5.41, 5.74) is 0.746. The average Bonchev–Trinajstić information content (AvgIpc) is 2.28. The molecule has 0 aromatic carbocycles. The number of hydrogen-bond donors (Lipinski definition) is 0. The van der Waals surface area contributed by atoms with Gasteiger partial charge in [0, 0.05) is 12.6 Å². The fourth-order valence-corrected chi connectivity index (χ4v) is 2.07. The van der Waals surface area contributed by atoms with Gasteiger partial charge in [0.2, 0.25) is 5.28 Å². The molecule has 1 aromatic rings. The number of hydrogen-bond acceptors (Lipinski definition) is 4. The first-order valence-electron chi connectivity index (χ1n) is 5.14. The van der Waals surface area contributed by atoms with Gasteiger partial charge in [0.25, 0.3) is 0 Å². The molecule has 1 aliphatic heterocycles. The highest BCUT2D eigenvalue weighted by molar-refractivity contribution is 6.28. The van der Waals surface area contributed by atoms with Gasteiger partial charge in [-0.25, -0.2) is 9.97 Å². The third-order valence-corrected chi connectivity index (χ3v) is 2.98. The molecular weight excluding hydrogens is 249 g/mol. The monoisotopic (exact) mass is 261 g/mol. The number of halogens is 2. The third-order valence-electron chi connectivity index (χ3n) is 2.54. The molecule has 0 aliphatic carbocycles. The molecule has 2 heterocycles. The van der Waals surface area contributed by atoms with E-state index in [1.807, 2.05) is 6.07 Å². The maximum absolute atomic E-state index is 5.86. The van der Waals surface area contributed by atoms with Gasteiger partial charge in [0.1, 0.15) is 5.82 Å². The lowest BCUT2D eigenvalue weighted by Crippen LogP contribution is -2.44. The van der Waals surface area contributed by atoms with Crippen LogP contribution in [0.3, 0.4) is 0 Å². The normalized spacial score (nSPS) is 21.2. The van der Waals surface area contributed by atoms with Gasteiger partial charge in [-0.3, -0.25) is 0 Å². The second kappa shape index (κ2) is 5.17. The van der Waals surface area contributed by atoms with Crippen molar-refractivity contribution < 1.29 is 4.74 Å². The van der Waals surface area contributed by atoms with Gasteiger partial charge >= 0.3 is 0 Å². The lowest BCUT2D eigenvalue weighted by Gasteiger charge is -2.34. The van der Waals surface area contributed by atoms with Crippen molar-refractivity contribution in [1.82, 2.24) is 9.97 Å². The van der Waals surface area contributed by atoms with Gasteiger partial charge in [-0.05, 0) is 18.5 Å². The maximum atomic E-state index is 5.86. The molecule has 1 aliphatic rings. The first kappa shape index (κ1) is 11.9. The molecule has 6 heteroatoms. The summed E-state index contributed by atoms with van der Waals surface area (Å²) >= 11 is 11.6. The van der Waals surface area contributed by atoms with Crippen LogP contribution in [0.5, 0.6) is 0 Å². The molecule has 0 bridgehead atoms. The van der Waals surface area contributed by atoms with Crippen LogP contribution in [0.25, 0.3) is 0 Å². The minimum atomic E-state index is 0.242. The third kappa shape index (κ3) is 2.56. The highest BCUT2D eigenvalue weighted by Crippen LogP contribution is 2.20. The second-order valence-corrected chi connectivity index (χ2v) is 4.34. The van der Waals surface area contributed by atoms with Crippen LogP contribution in [-0.4, -0.2) is 35.8 Å². The van der Waals surface area contributed by atoms with Crippen molar-refractivity contribution in [3.8, 4) is 0 Å². The Morgan fingerprint density at radius 2 is 2.38 bits per heavy atom. The number of morpholine rings is 1. The fraction of sp³-hybridized carbons (Fsp3) is 0.600. The van der Waals surface area contributed by atoms with E-state index in [9.17, 15) is 0 Å². The standard InChI is InChI=1S/C10H13Cl2N3O/c1-7-6-16-3-2-15(7)9-4-8(5-11)13-10(12)14-9/h4,7H,2-3,5-6H2,1H3/t7-/m1/s1. The highest BCUT2D eigenvalue weighted by Gasteiger charge is 2.21. The Morgan fingerprint density at radius 1 is 1.56 bits per heavy atom. The number of aromatic nitrogens is 2. The molecule has 1 saturated heterocycles.